The van der Waals surface area contributed by atoms with E-state index in [9.17, 15) is 9.59 Å². The maximum absolute atomic E-state index is 12.1. The molecule has 6 nitrogen and oxygen atoms in total. The molecule has 0 bridgehead atoms. The molecule has 0 aromatic carbocycles. The maximum Gasteiger partial charge on any atom is 0.245 e. The molecule has 18 heavy (non-hydrogen) atoms. The number of piperidine rings is 1. The Balaban J connectivity index is 1.75. The van der Waals surface area contributed by atoms with Crippen LogP contribution in [-0.4, -0.2) is 60.3 Å². The molecule has 2 amide bonds. The minimum Gasteiger partial charge on any atom is -0.394 e. The summed E-state index contributed by atoms with van der Waals surface area (Å²) in [6.07, 6.45) is 2.79. The Morgan fingerprint density at radius 3 is 2.67 bits per heavy atom. The molecule has 102 valence electrons. The molecule has 0 saturated carbocycles. The third-order valence-electron chi connectivity index (χ3n) is 3.49. The highest BCUT2D eigenvalue weighted by Crippen LogP contribution is 2.17. The molecule has 2 N–H and O–H groups in total. The third-order valence-corrected chi connectivity index (χ3v) is 3.49. The van der Waals surface area contributed by atoms with Crippen molar-refractivity contribution >= 4 is 11.8 Å². The Morgan fingerprint density at radius 2 is 2.11 bits per heavy atom. The zero-order valence-electron chi connectivity index (χ0n) is 10.4. The second-order valence-corrected chi connectivity index (χ2v) is 4.78. The first-order valence-electron chi connectivity index (χ1n) is 6.51. The zero-order valence-corrected chi connectivity index (χ0v) is 10.4. The van der Waals surface area contributed by atoms with Crippen molar-refractivity contribution < 1.29 is 19.4 Å². The number of aliphatic hydroxyl groups is 1. The topological polar surface area (TPSA) is 78.9 Å². The van der Waals surface area contributed by atoms with Gasteiger partial charge in [-0.05, 0) is 19.3 Å². The summed E-state index contributed by atoms with van der Waals surface area (Å²) in [7, 11) is 0. The number of likely N-dealkylation sites (tertiary alicyclic amines) is 1. The molecule has 0 spiro atoms. The average Bonchev–Trinajstić information content (AvgIpc) is 2.83. The van der Waals surface area contributed by atoms with Crippen LogP contribution in [0.15, 0.2) is 0 Å². The van der Waals surface area contributed by atoms with Gasteiger partial charge >= 0.3 is 0 Å². The van der Waals surface area contributed by atoms with Crippen molar-refractivity contribution in [2.75, 3.05) is 26.3 Å². The van der Waals surface area contributed by atoms with E-state index in [0.29, 0.717) is 32.5 Å². The normalized spacial score (nSPS) is 25.3. The third kappa shape index (κ3) is 3.20. The molecule has 0 radical (unpaired) electrons. The molecule has 2 heterocycles. The standard InChI is InChI=1S/C12H20N2O4/c15-7-8-18-9-3-5-14(6-4-9)12(17)10-1-2-11(16)13-10/h9-10,15H,1-8H2,(H,13,16). The number of ether oxygens (including phenoxy) is 1. The second-order valence-electron chi connectivity index (χ2n) is 4.78. The van der Waals surface area contributed by atoms with Crippen molar-refractivity contribution in [3.05, 3.63) is 0 Å². The van der Waals surface area contributed by atoms with Crippen LogP contribution in [0, 0.1) is 0 Å². The number of carbonyl (C=O) groups excluding carboxylic acids is 2. The van der Waals surface area contributed by atoms with E-state index in [-0.39, 0.29) is 30.6 Å². The van der Waals surface area contributed by atoms with E-state index in [0.717, 1.165) is 12.8 Å². The van der Waals surface area contributed by atoms with Crippen LogP contribution in [0.25, 0.3) is 0 Å². The minimum atomic E-state index is -0.326. The van der Waals surface area contributed by atoms with Crippen molar-refractivity contribution in [3.63, 3.8) is 0 Å². The smallest absolute Gasteiger partial charge is 0.245 e. The molecule has 0 aromatic heterocycles. The number of nitrogens with one attached hydrogen (secondary N) is 1. The summed E-state index contributed by atoms with van der Waals surface area (Å²) in [6.45, 7) is 1.73. The summed E-state index contributed by atoms with van der Waals surface area (Å²) < 4.78 is 5.44. The van der Waals surface area contributed by atoms with Gasteiger partial charge in [-0.2, -0.15) is 0 Å². The Bertz CT molecular complexity index is 313. The van der Waals surface area contributed by atoms with Crippen LogP contribution in [-0.2, 0) is 14.3 Å². The van der Waals surface area contributed by atoms with Gasteiger partial charge in [0, 0.05) is 19.5 Å². The van der Waals surface area contributed by atoms with Crippen molar-refractivity contribution in [1.29, 1.82) is 0 Å². The molecule has 2 rings (SSSR count). The predicted molar refractivity (Wildman–Crippen MR) is 63.8 cm³/mol. The van der Waals surface area contributed by atoms with Crippen LogP contribution in [0.4, 0.5) is 0 Å². The summed E-state index contributed by atoms with van der Waals surface area (Å²) in [5, 5.41) is 11.4. The molecule has 0 aromatic rings. The van der Waals surface area contributed by atoms with Crippen LogP contribution in [0.1, 0.15) is 25.7 Å². The Morgan fingerprint density at radius 1 is 1.39 bits per heavy atom. The van der Waals surface area contributed by atoms with Crippen molar-refractivity contribution in [1.82, 2.24) is 10.2 Å². The van der Waals surface area contributed by atoms with Gasteiger partial charge in [0.05, 0.1) is 19.3 Å². The first-order valence-corrected chi connectivity index (χ1v) is 6.51. The molecule has 1 atom stereocenters. The summed E-state index contributed by atoms with van der Waals surface area (Å²) in [5.41, 5.74) is 0. The van der Waals surface area contributed by atoms with Gasteiger partial charge in [-0.1, -0.05) is 0 Å². The highest BCUT2D eigenvalue weighted by Gasteiger charge is 2.32. The lowest BCUT2D eigenvalue weighted by molar-refractivity contribution is -0.137. The van der Waals surface area contributed by atoms with Gasteiger partial charge in [0.2, 0.25) is 11.8 Å². The number of carbonyl (C=O) groups is 2. The minimum absolute atomic E-state index is 0.0291. The first-order chi connectivity index (χ1) is 8.70. The van der Waals surface area contributed by atoms with Gasteiger partial charge in [0.1, 0.15) is 6.04 Å². The van der Waals surface area contributed by atoms with Gasteiger partial charge in [0.15, 0.2) is 0 Å². The van der Waals surface area contributed by atoms with Crippen LogP contribution in [0.5, 0.6) is 0 Å². The molecule has 2 fully saturated rings. The summed E-state index contributed by atoms with van der Waals surface area (Å²) in [5.74, 6) is -0.00373. The number of rotatable bonds is 4. The van der Waals surface area contributed by atoms with E-state index >= 15 is 0 Å². The summed E-state index contributed by atoms with van der Waals surface area (Å²) in [4.78, 5) is 25.0. The lowest BCUT2D eigenvalue weighted by Gasteiger charge is -2.33. The van der Waals surface area contributed by atoms with Gasteiger partial charge < -0.3 is 20.1 Å². The number of aliphatic hydroxyl groups excluding tert-OH is 1. The van der Waals surface area contributed by atoms with E-state index < -0.39 is 0 Å². The summed E-state index contributed by atoms with van der Waals surface area (Å²) in [6, 6.07) is -0.326. The fourth-order valence-electron chi connectivity index (χ4n) is 2.48. The van der Waals surface area contributed by atoms with Crippen molar-refractivity contribution in [3.8, 4) is 0 Å². The molecule has 6 heteroatoms. The molecule has 2 aliphatic heterocycles. The summed E-state index contributed by atoms with van der Waals surface area (Å²) >= 11 is 0. The van der Waals surface area contributed by atoms with Crippen molar-refractivity contribution in [2.45, 2.75) is 37.8 Å². The molecule has 1 unspecified atom stereocenters. The van der Waals surface area contributed by atoms with E-state index in [1.807, 2.05) is 0 Å². The fourth-order valence-corrected chi connectivity index (χ4v) is 2.48. The first kappa shape index (κ1) is 13.3. The Labute approximate surface area is 106 Å². The average molecular weight is 256 g/mol. The predicted octanol–water partition coefficient (Wildman–Crippen LogP) is -0.735. The molecule has 2 aliphatic rings. The van der Waals surface area contributed by atoms with Gasteiger partial charge in [-0.3, -0.25) is 9.59 Å². The number of hydrogen-bond acceptors (Lipinski definition) is 4. The van der Waals surface area contributed by atoms with E-state index in [1.165, 1.54) is 0 Å². The lowest BCUT2D eigenvalue weighted by Crippen LogP contribution is -2.48. The number of hydrogen-bond donors (Lipinski definition) is 2. The Hall–Kier alpha value is -1.14. The van der Waals surface area contributed by atoms with E-state index in [1.54, 1.807) is 4.90 Å². The molecular weight excluding hydrogens is 236 g/mol. The van der Waals surface area contributed by atoms with Gasteiger partial charge in [-0.25, -0.2) is 0 Å². The zero-order chi connectivity index (χ0) is 13.0. The van der Waals surface area contributed by atoms with Crippen LogP contribution < -0.4 is 5.32 Å². The maximum atomic E-state index is 12.1. The van der Waals surface area contributed by atoms with E-state index in [2.05, 4.69) is 5.32 Å². The molecular formula is C12H20N2O4. The van der Waals surface area contributed by atoms with Crippen LogP contribution in [0.3, 0.4) is 0 Å². The second kappa shape index (κ2) is 6.15. The van der Waals surface area contributed by atoms with Gasteiger partial charge in [-0.15, -0.1) is 0 Å². The fraction of sp³-hybridized carbons (Fsp3) is 0.833. The van der Waals surface area contributed by atoms with Crippen LogP contribution >= 0.6 is 0 Å². The van der Waals surface area contributed by atoms with Crippen molar-refractivity contribution in [2.24, 2.45) is 0 Å². The van der Waals surface area contributed by atoms with Gasteiger partial charge in [0.25, 0.3) is 0 Å². The molecule has 0 aliphatic carbocycles. The number of amides is 2. The quantitative estimate of drug-likeness (QED) is 0.695. The largest absolute Gasteiger partial charge is 0.394 e. The highest BCUT2D eigenvalue weighted by atomic mass is 16.5. The SMILES string of the molecule is O=C1CCC(C(=O)N2CCC(OCCO)CC2)N1. The molecule has 2 saturated heterocycles. The number of nitrogens with zero attached hydrogens (tertiary/aromatic N) is 1. The Kier molecular flexibility index (Phi) is 4.54. The van der Waals surface area contributed by atoms with E-state index in [4.69, 9.17) is 9.84 Å². The highest BCUT2D eigenvalue weighted by molar-refractivity contribution is 5.90. The van der Waals surface area contributed by atoms with Crippen LogP contribution in [0.2, 0.25) is 0 Å². The monoisotopic (exact) mass is 256 g/mol. The lowest BCUT2D eigenvalue weighted by atomic mass is 10.1.